The van der Waals surface area contributed by atoms with E-state index in [2.05, 4.69) is 48.9 Å². The molecular weight excluding hydrogens is 306 g/mol. The van der Waals surface area contributed by atoms with Crippen molar-refractivity contribution in [1.82, 2.24) is 20.2 Å². The molecule has 0 amide bonds. The van der Waals surface area contributed by atoms with Gasteiger partial charge in [-0.25, -0.2) is 4.98 Å². The van der Waals surface area contributed by atoms with E-state index >= 15 is 0 Å². The molecule has 126 valence electrons. The van der Waals surface area contributed by atoms with Gasteiger partial charge in [-0.3, -0.25) is 4.99 Å². The van der Waals surface area contributed by atoms with Crippen LogP contribution in [0.25, 0.3) is 0 Å². The fraction of sp³-hybridized carbons (Fsp3) is 0.529. The van der Waals surface area contributed by atoms with Crippen molar-refractivity contribution in [2.45, 2.75) is 39.2 Å². The van der Waals surface area contributed by atoms with Gasteiger partial charge >= 0.3 is 0 Å². The summed E-state index contributed by atoms with van der Waals surface area (Å²) in [6.45, 7) is 7.12. The molecule has 2 heterocycles. The Morgan fingerprint density at radius 1 is 1.39 bits per heavy atom. The maximum Gasteiger partial charge on any atom is 0.190 e. The van der Waals surface area contributed by atoms with Crippen molar-refractivity contribution < 1.29 is 0 Å². The molecule has 0 aliphatic heterocycles. The minimum absolute atomic E-state index is 0.490. The summed E-state index contributed by atoms with van der Waals surface area (Å²) in [4.78, 5) is 8.52. The number of nitrogens with one attached hydrogen (secondary N) is 2. The molecule has 0 spiro atoms. The highest BCUT2D eigenvalue weighted by molar-refractivity contribution is 7.07. The van der Waals surface area contributed by atoms with Crippen molar-refractivity contribution >= 4 is 17.3 Å². The van der Waals surface area contributed by atoms with E-state index in [0.29, 0.717) is 5.92 Å². The molecule has 5 nitrogen and oxygen atoms in total. The largest absolute Gasteiger partial charge is 0.356 e. The number of aliphatic imine (C=N–C) groups is 1. The van der Waals surface area contributed by atoms with Crippen molar-refractivity contribution in [3.8, 4) is 0 Å². The summed E-state index contributed by atoms with van der Waals surface area (Å²) in [5, 5.41) is 11.1. The lowest BCUT2D eigenvalue weighted by Gasteiger charge is -2.15. The van der Waals surface area contributed by atoms with Crippen LogP contribution >= 0.6 is 11.3 Å². The van der Waals surface area contributed by atoms with Crippen molar-refractivity contribution in [3.63, 3.8) is 0 Å². The number of guanidine groups is 1. The minimum Gasteiger partial charge on any atom is -0.356 e. The lowest BCUT2D eigenvalue weighted by molar-refractivity contribution is 0.587. The Kier molecular flexibility index (Phi) is 7.13. The molecule has 0 saturated heterocycles. The van der Waals surface area contributed by atoms with Crippen LogP contribution in [0.4, 0.5) is 0 Å². The predicted octanol–water partition coefficient (Wildman–Crippen LogP) is 3.00. The number of aromatic nitrogens is 2. The Hall–Kier alpha value is -1.82. The minimum atomic E-state index is 0.490. The molecule has 2 aromatic heterocycles. The summed E-state index contributed by atoms with van der Waals surface area (Å²) in [5.74, 6) is 2.45. The normalized spacial score (nSPS) is 13.1. The number of aryl methyl sites for hydroxylation is 2. The van der Waals surface area contributed by atoms with Gasteiger partial charge < -0.3 is 15.2 Å². The zero-order valence-corrected chi connectivity index (χ0v) is 15.1. The first-order chi connectivity index (χ1) is 11.2. The summed E-state index contributed by atoms with van der Waals surface area (Å²) in [7, 11) is 1.82. The van der Waals surface area contributed by atoms with E-state index < -0.39 is 0 Å². The summed E-state index contributed by atoms with van der Waals surface area (Å²) in [5.41, 5.74) is 1.38. The van der Waals surface area contributed by atoms with Gasteiger partial charge in [0.05, 0.1) is 0 Å². The maximum absolute atomic E-state index is 4.28. The molecule has 0 radical (unpaired) electrons. The molecular formula is C17H27N5S. The third kappa shape index (κ3) is 5.71. The Morgan fingerprint density at radius 3 is 2.91 bits per heavy atom. The number of thiophene rings is 1. The molecule has 0 aromatic carbocycles. The average Bonchev–Trinajstić information content (AvgIpc) is 3.22. The molecule has 0 saturated carbocycles. The van der Waals surface area contributed by atoms with E-state index in [1.807, 2.05) is 26.4 Å². The van der Waals surface area contributed by atoms with E-state index in [-0.39, 0.29) is 0 Å². The van der Waals surface area contributed by atoms with Crippen LogP contribution in [0.15, 0.2) is 34.2 Å². The zero-order chi connectivity index (χ0) is 16.5. The molecule has 6 heteroatoms. The topological polar surface area (TPSA) is 54.2 Å². The number of nitrogens with zero attached hydrogens (tertiary/aromatic N) is 3. The van der Waals surface area contributed by atoms with Crippen molar-refractivity contribution in [2.75, 3.05) is 20.1 Å². The zero-order valence-electron chi connectivity index (χ0n) is 14.2. The Balaban J connectivity index is 1.60. The van der Waals surface area contributed by atoms with Crippen LogP contribution in [0, 0.1) is 6.92 Å². The highest BCUT2D eigenvalue weighted by Gasteiger charge is 2.06. The van der Waals surface area contributed by atoms with Gasteiger partial charge in [-0.05, 0) is 48.1 Å². The van der Waals surface area contributed by atoms with Crippen LogP contribution in [0.3, 0.4) is 0 Å². The van der Waals surface area contributed by atoms with Gasteiger partial charge in [-0.15, -0.1) is 0 Å². The first kappa shape index (κ1) is 17.5. The van der Waals surface area contributed by atoms with Crippen LogP contribution in [-0.4, -0.2) is 35.6 Å². The maximum atomic E-state index is 4.28. The molecule has 0 bridgehead atoms. The van der Waals surface area contributed by atoms with E-state index in [1.54, 1.807) is 11.3 Å². The Morgan fingerprint density at radius 2 is 2.26 bits per heavy atom. The van der Waals surface area contributed by atoms with E-state index in [0.717, 1.165) is 44.3 Å². The smallest absolute Gasteiger partial charge is 0.190 e. The molecule has 23 heavy (non-hydrogen) atoms. The van der Waals surface area contributed by atoms with Gasteiger partial charge in [0.2, 0.25) is 0 Å². The van der Waals surface area contributed by atoms with Crippen LogP contribution in [0.1, 0.15) is 37.1 Å². The summed E-state index contributed by atoms with van der Waals surface area (Å²) < 4.78 is 2.19. The molecule has 0 aliphatic carbocycles. The molecule has 0 fully saturated rings. The highest BCUT2D eigenvalue weighted by Crippen LogP contribution is 2.16. The first-order valence-corrected chi connectivity index (χ1v) is 9.09. The van der Waals surface area contributed by atoms with Gasteiger partial charge in [0, 0.05) is 39.1 Å². The monoisotopic (exact) mass is 333 g/mol. The molecule has 0 aliphatic rings. The standard InChI is InChI=1S/C17H27N5S/c1-14(16-6-11-23-13-16)12-21-17(18-3)20-7-4-5-9-22-10-8-19-15(22)2/h6,8,10-11,13-14H,4-5,7,9,12H2,1-3H3,(H2,18,20,21). The van der Waals surface area contributed by atoms with Gasteiger partial charge in [0.1, 0.15) is 5.82 Å². The fourth-order valence-corrected chi connectivity index (χ4v) is 3.18. The lowest BCUT2D eigenvalue weighted by Crippen LogP contribution is -2.39. The quantitative estimate of drug-likeness (QED) is 0.443. The molecule has 1 atom stereocenters. The third-order valence-corrected chi connectivity index (χ3v) is 4.65. The third-order valence-electron chi connectivity index (χ3n) is 3.95. The second kappa shape index (κ2) is 9.35. The van der Waals surface area contributed by atoms with Crippen molar-refractivity contribution in [1.29, 1.82) is 0 Å². The summed E-state index contributed by atoms with van der Waals surface area (Å²) in [6.07, 6.45) is 6.13. The predicted molar refractivity (Wildman–Crippen MR) is 98.3 cm³/mol. The second-order valence-electron chi connectivity index (χ2n) is 5.71. The van der Waals surface area contributed by atoms with Gasteiger partial charge in [0.25, 0.3) is 0 Å². The van der Waals surface area contributed by atoms with E-state index in [1.165, 1.54) is 5.56 Å². The summed E-state index contributed by atoms with van der Waals surface area (Å²) >= 11 is 1.75. The van der Waals surface area contributed by atoms with Crippen LogP contribution in [-0.2, 0) is 6.54 Å². The Labute approximate surface area is 142 Å². The van der Waals surface area contributed by atoms with E-state index in [4.69, 9.17) is 0 Å². The van der Waals surface area contributed by atoms with Crippen LogP contribution in [0.5, 0.6) is 0 Å². The number of hydrogen-bond acceptors (Lipinski definition) is 3. The Bertz CT molecular complexity index is 588. The van der Waals surface area contributed by atoms with Crippen molar-refractivity contribution in [2.24, 2.45) is 4.99 Å². The lowest BCUT2D eigenvalue weighted by atomic mass is 10.1. The molecule has 2 aromatic rings. The fourth-order valence-electron chi connectivity index (χ4n) is 2.40. The van der Waals surface area contributed by atoms with Crippen LogP contribution in [0.2, 0.25) is 0 Å². The number of imidazole rings is 1. The summed E-state index contributed by atoms with van der Waals surface area (Å²) in [6, 6.07) is 2.19. The molecule has 1 unspecified atom stereocenters. The van der Waals surface area contributed by atoms with Crippen LogP contribution < -0.4 is 10.6 Å². The second-order valence-corrected chi connectivity index (χ2v) is 6.49. The van der Waals surface area contributed by atoms with Gasteiger partial charge in [-0.2, -0.15) is 11.3 Å². The average molecular weight is 334 g/mol. The van der Waals surface area contributed by atoms with E-state index in [9.17, 15) is 0 Å². The first-order valence-electron chi connectivity index (χ1n) is 8.15. The SMILES string of the molecule is CN=C(NCCCCn1ccnc1C)NCC(C)c1ccsc1. The van der Waals surface area contributed by atoms with Crippen molar-refractivity contribution in [3.05, 3.63) is 40.6 Å². The number of unbranched alkanes of at least 4 members (excludes halogenated alkanes) is 1. The highest BCUT2D eigenvalue weighted by atomic mass is 32.1. The number of hydrogen-bond donors (Lipinski definition) is 2. The van der Waals surface area contributed by atoms with Gasteiger partial charge in [0.15, 0.2) is 5.96 Å². The number of rotatable bonds is 8. The van der Waals surface area contributed by atoms with Gasteiger partial charge in [-0.1, -0.05) is 6.92 Å². The molecule has 2 N–H and O–H groups in total. The molecule has 2 rings (SSSR count).